The van der Waals surface area contributed by atoms with E-state index in [0.29, 0.717) is 22.5 Å². The van der Waals surface area contributed by atoms with E-state index in [1.165, 1.54) is 11.8 Å². The van der Waals surface area contributed by atoms with Crippen LogP contribution in [0, 0.1) is 11.3 Å². The van der Waals surface area contributed by atoms with Gasteiger partial charge in [-0.2, -0.15) is 5.26 Å². The molecule has 3 aromatic rings. The molecule has 0 aliphatic carbocycles. The van der Waals surface area contributed by atoms with Crippen molar-refractivity contribution in [1.82, 2.24) is 14.8 Å². The molecule has 1 amide bonds. The van der Waals surface area contributed by atoms with E-state index in [9.17, 15) is 4.79 Å². The quantitative estimate of drug-likeness (QED) is 0.518. The molecule has 1 heterocycles. The second-order valence-corrected chi connectivity index (χ2v) is 8.11. The number of hydrogen-bond donors (Lipinski definition) is 0. The van der Waals surface area contributed by atoms with E-state index in [0.717, 1.165) is 11.3 Å². The average Bonchev–Trinajstić information content (AvgIpc) is 3.09. The van der Waals surface area contributed by atoms with Gasteiger partial charge in [0.15, 0.2) is 11.0 Å². The minimum absolute atomic E-state index is 0.0764. The number of nitriles is 1. The molecule has 0 fully saturated rings. The number of rotatable bonds is 7. The van der Waals surface area contributed by atoms with Crippen LogP contribution >= 0.6 is 23.4 Å². The van der Waals surface area contributed by atoms with E-state index in [1.54, 1.807) is 17.0 Å². The molecule has 0 aliphatic heterocycles. The van der Waals surface area contributed by atoms with Gasteiger partial charge in [-0.3, -0.25) is 4.79 Å². The second-order valence-electron chi connectivity index (χ2n) is 6.37. The molecule has 6 nitrogen and oxygen atoms in total. The van der Waals surface area contributed by atoms with Crippen molar-refractivity contribution in [3.63, 3.8) is 0 Å². The third-order valence-electron chi connectivity index (χ3n) is 4.35. The van der Waals surface area contributed by atoms with Gasteiger partial charge in [-0.25, -0.2) is 0 Å². The topological polar surface area (TPSA) is 74.8 Å². The Hall–Kier alpha value is -2.82. The van der Waals surface area contributed by atoms with Gasteiger partial charge in [-0.1, -0.05) is 41.6 Å². The summed E-state index contributed by atoms with van der Waals surface area (Å²) < 4.78 is 1.86. The van der Waals surface area contributed by atoms with Crippen molar-refractivity contribution in [2.24, 2.45) is 7.05 Å². The molecule has 0 radical (unpaired) electrons. The lowest BCUT2D eigenvalue weighted by atomic mass is 10.2. The van der Waals surface area contributed by atoms with Gasteiger partial charge in [0.1, 0.15) is 0 Å². The van der Waals surface area contributed by atoms with Crippen molar-refractivity contribution in [2.75, 3.05) is 11.4 Å². The first kappa shape index (κ1) is 20.9. The largest absolute Gasteiger partial charge is 0.310 e. The standard InChI is InChI=1S/C21H20ClN5OS/c1-15(20(28)27(14-6-13-23)18-7-4-3-5-8-18)29-21-25-24-19(26(21)2)16-9-11-17(22)12-10-16/h3-5,7-12,15H,6,14H2,1-2H3. The highest BCUT2D eigenvalue weighted by atomic mass is 35.5. The predicted octanol–water partition coefficient (Wildman–Crippen LogP) is 4.56. The number of anilines is 1. The van der Waals surface area contributed by atoms with Gasteiger partial charge < -0.3 is 9.47 Å². The van der Waals surface area contributed by atoms with E-state index in [-0.39, 0.29) is 12.3 Å². The van der Waals surface area contributed by atoms with Crippen LogP contribution in [0.1, 0.15) is 13.3 Å². The number of aromatic nitrogens is 3. The van der Waals surface area contributed by atoms with Crippen LogP contribution in [0.3, 0.4) is 0 Å². The molecule has 0 saturated heterocycles. The molecule has 0 bridgehead atoms. The number of para-hydroxylation sites is 1. The Morgan fingerprint density at radius 3 is 2.55 bits per heavy atom. The average molecular weight is 426 g/mol. The summed E-state index contributed by atoms with van der Waals surface area (Å²) in [4.78, 5) is 14.8. The monoisotopic (exact) mass is 425 g/mol. The number of benzene rings is 2. The zero-order chi connectivity index (χ0) is 20.8. The lowest BCUT2D eigenvalue weighted by molar-refractivity contribution is -0.117. The van der Waals surface area contributed by atoms with Crippen LogP contribution in [-0.2, 0) is 11.8 Å². The van der Waals surface area contributed by atoms with Crippen molar-refractivity contribution in [3.8, 4) is 17.5 Å². The molecular formula is C21H20ClN5OS. The number of carbonyl (C=O) groups excluding carboxylic acids is 1. The van der Waals surface area contributed by atoms with Gasteiger partial charge in [0.05, 0.1) is 17.7 Å². The third kappa shape index (κ3) is 4.97. The Balaban J connectivity index is 1.78. The Labute approximate surface area is 179 Å². The maximum absolute atomic E-state index is 13.1. The summed E-state index contributed by atoms with van der Waals surface area (Å²) in [6.45, 7) is 2.19. The second kappa shape index (κ2) is 9.59. The van der Waals surface area contributed by atoms with E-state index in [4.69, 9.17) is 16.9 Å². The first-order valence-electron chi connectivity index (χ1n) is 9.06. The molecule has 0 saturated carbocycles. The highest BCUT2D eigenvalue weighted by Gasteiger charge is 2.25. The highest BCUT2D eigenvalue weighted by molar-refractivity contribution is 8.00. The van der Waals surface area contributed by atoms with Crippen LogP contribution in [0.25, 0.3) is 11.4 Å². The molecule has 29 heavy (non-hydrogen) atoms. The maximum atomic E-state index is 13.1. The molecular weight excluding hydrogens is 406 g/mol. The zero-order valence-corrected chi connectivity index (χ0v) is 17.7. The fourth-order valence-corrected chi connectivity index (χ4v) is 3.83. The van der Waals surface area contributed by atoms with Gasteiger partial charge in [-0.15, -0.1) is 10.2 Å². The highest BCUT2D eigenvalue weighted by Crippen LogP contribution is 2.28. The Morgan fingerprint density at radius 1 is 1.21 bits per heavy atom. The Kier molecular flexibility index (Phi) is 6.91. The van der Waals surface area contributed by atoms with Gasteiger partial charge in [-0.05, 0) is 43.3 Å². The van der Waals surface area contributed by atoms with Gasteiger partial charge >= 0.3 is 0 Å². The zero-order valence-electron chi connectivity index (χ0n) is 16.1. The third-order valence-corrected chi connectivity index (χ3v) is 5.72. The van der Waals surface area contributed by atoms with Crippen LogP contribution < -0.4 is 4.90 Å². The first-order valence-corrected chi connectivity index (χ1v) is 10.3. The number of amides is 1. The smallest absolute Gasteiger partial charge is 0.240 e. The number of carbonyl (C=O) groups is 1. The van der Waals surface area contributed by atoms with Crippen molar-refractivity contribution < 1.29 is 4.79 Å². The van der Waals surface area contributed by atoms with Gasteiger partial charge in [0.2, 0.25) is 5.91 Å². The van der Waals surface area contributed by atoms with Crippen molar-refractivity contribution >= 4 is 35.0 Å². The molecule has 2 aromatic carbocycles. The predicted molar refractivity (Wildman–Crippen MR) is 116 cm³/mol. The summed E-state index contributed by atoms with van der Waals surface area (Å²) in [5, 5.41) is 18.4. The first-order chi connectivity index (χ1) is 14.0. The van der Waals surface area contributed by atoms with Crippen LogP contribution in [0.2, 0.25) is 5.02 Å². The lowest BCUT2D eigenvalue weighted by Gasteiger charge is -2.24. The van der Waals surface area contributed by atoms with Crippen LogP contribution in [0.4, 0.5) is 5.69 Å². The number of nitrogens with zero attached hydrogens (tertiary/aromatic N) is 5. The molecule has 1 atom stereocenters. The van der Waals surface area contributed by atoms with Crippen molar-refractivity contribution in [1.29, 1.82) is 5.26 Å². The molecule has 148 valence electrons. The maximum Gasteiger partial charge on any atom is 0.240 e. The fourth-order valence-electron chi connectivity index (χ4n) is 2.83. The molecule has 1 unspecified atom stereocenters. The molecule has 8 heteroatoms. The molecule has 0 N–H and O–H groups in total. The van der Waals surface area contributed by atoms with Gasteiger partial charge in [0, 0.05) is 29.9 Å². The normalized spacial score (nSPS) is 11.7. The summed E-state index contributed by atoms with van der Waals surface area (Å²) in [5.41, 5.74) is 1.68. The van der Waals surface area contributed by atoms with E-state index < -0.39 is 5.25 Å². The summed E-state index contributed by atoms with van der Waals surface area (Å²) in [6.07, 6.45) is 0.267. The summed E-state index contributed by atoms with van der Waals surface area (Å²) >= 11 is 7.30. The van der Waals surface area contributed by atoms with Crippen molar-refractivity contribution in [2.45, 2.75) is 23.8 Å². The summed E-state index contributed by atoms with van der Waals surface area (Å²) in [7, 11) is 1.87. The van der Waals surface area contributed by atoms with Gasteiger partial charge in [0.25, 0.3) is 0 Å². The van der Waals surface area contributed by atoms with Crippen LogP contribution in [0.15, 0.2) is 59.8 Å². The molecule has 0 spiro atoms. The van der Waals surface area contributed by atoms with E-state index >= 15 is 0 Å². The minimum atomic E-state index is -0.394. The molecule has 0 aliphatic rings. The summed E-state index contributed by atoms with van der Waals surface area (Å²) in [6, 6.07) is 18.9. The summed E-state index contributed by atoms with van der Waals surface area (Å²) in [5.74, 6) is 0.626. The lowest BCUT2D eigenvalue weighted by Crippen LogP contribution is -2.37. The van der Waals surface area contributed by atoms with E-state index in [1.807, 2.05) is 61.0 Å². The molecule has 1 aromatic heterocycles. The van der Waals surface area contributed by atoms with Crippen LogP contribution in [0.5, 0.6) is 0 Å². The Bertz CT molecular complexity index is 1010. The number of hydrogen-bond acceptors (Lipinski definition) is 5. The SMILES string of the molecule is CC(Sc1nnc(-c2ccc(Cl)cc2)n1C)C(=O)N(CCC#N)c1ccccc1. The number of halogens is 1. The Morgan fingerprint density at radius 2 is 1.90 bits per heavy atom. The van der Waals surface area contributed by atoms with Crippen molar-refractivity contribution in [3.05, 3.63) is 59.6 Å². The fraction of sp³-hybridized carbons (Fsp3) is 0.238. The molecule has 3 rings (SSSR count). The van der Waals surface area contributed by atoms with E-state index in [2.05, 4.69) is 16.3 Å². The van der Waals surface area contributed by atoms with Crippen LogP contribution in [-0.4, -0.2) is 32.5 Å². The number of thioether (sulfide) groups is 1. The minimum Gasteiger partial charge on any atom is -0.310 e.